The number of nitrogens with one attached hydrogen (secondary N) is 1. The molecular formula is C28H25N3O3. The molecule has 6 nitrogen and oxygen atoms in total. The van der Waals surface area contributed by atoms with E-state index in [4.69, 9.17) is 14.6 Å². The Bertz CT molecular complexity index is 1190. The smallest absolute Gasteiger partial charge is 0.262 e. The molecule has 0 saturated heterocycles. The van der Waals surface area contributed by atoms with E-state index in [1.807, 2.05) is 102 Å². The molecule has 0 unspecified atom stereocenters. The van der Waals surface area contributed by atoms with Gasteiger partial charge in [0.05, 0.1) is 30.4 Å². The molecule has 170 valence electrons. The number of methoxy groups -OCH3 is 1. The second-order valence-corrected chi connectivity index (χ2v) is 7.33. The molecule has 0 heterocycles. The summed E-state index contributed by atoms with van der Waals surface area (Å²) >= 11 is 0. The molecule has 0 bridgehead atoms. The molecule has 6 heteroatoms. The zero-order valence-electron chi connectivity index (χ0n) is 18.8. The van der Waals surface area contributed by atoms with Crippen molar-refractivity contribution in [2.75, 3.05) is 24.0 Å². The van der Waals surface area contributed by atoms with Crippen molar-refractivity contribution >= 4 is 29.2 Å². The SMILES string of the molecule is COc1ccccc1NC(=O)COc1ccc(/C=N\N(c2ccccc2)c2ccccc2)cc1. The third kappa shape index (κ3) is 6.01. The third-order valence-corrected chi connectivity index (χ3v) is 4.95. The van der Waals surface area contributed by atoms with Crippen molar-refractivity contribution in [2.24, 2.45) is 5.10 Å². The molecule has 34 heavy (non-hydrogen) atoms. The maximum Gasteiger partial charge on any atom is 0.262 e. The van der Waals surface area contributed by atoms with Gasteiger partial charge in [0.2, 0.25) is 0 Å². The molecule has 1 amide bonds. The van der Waals surface area contributed by atoms with Crippen LogP contribution in [0.4, 0.5) is 17.1 Å². The molecule has 0 aliphatic rings. The number of anilines is 3. The van der Waals surface area contributed by atoms with E-state index in [0.717, 1.165) is 16.9 Å². The first-order chi connectivity index (χ1) is 16.7. The first-order valence-electron chi connectivity index (χ1n) is 10.8. The fourth-order valence-corrected chi connectivity index (χ4v) is 3.28. The van der Waals surface area contributed by atoms with Gasteiger partial charge in [-0.15, -0.1) is 0 Å². The number of carbonyl (C=O) groups is 1. The average molecular weight is 452 g/mol. The van der Waals surface area contributed by atoms with Crippen LogP contribution in [0.1, 0.15) is 5.56 Å². The van der Waals surface area contributed by atoms with Crippen LogP contribution in [0.15, 0.2) is 114 Å². The van der Waals surface area contributed by atoms with E-state index in [1.54, 1.807) is 25.5 Å². The van der Waals surface area contributed by atoms with Crippen LogP contribution in [-0.4, -0.2) is 25.8 Å². The van der Waals surface area contributed by atoms with Crippen LogP contribution < -0.4 is 19.8 Å². The summed E-state index contributed by atoms with van der Waals surface area (Å²) in [4.78, 5) is 12.2. The fraction of sp³-hybridized carbons (Fsp3) is 0.0714. The number of benzene rings is 4. The number of rotatable bonds is 9. The molecule has 0 saturated carbocycles. The molecule has 0 aromatic heterocycles. The Morgan fingerprint density at radius 1 is 0.824 bits per heavy atom. The predicted molar refractivity (Wildman–Crippen MR) is 136 cm³/mol. The van der Waals surface area contributed by atoms with E-state index in [1.165, 1.54) is 0 Å². The summed E-state index contributed by atoms with van der Waals surface area (Å²) in [6, 6.07) is 34.6. The zero-order chi connectivity index (χ0) is 23.6. The number of hydrogen-bond acceptors (Lipinski definition) is 5. The Morgan fingerprint density at radius 2 is 1.41 bits per heavy atom. The van der Waals surface area contributed by atoms with Crippen molar-refractivity contribution in [2.45, 2.75) is 0 Å². The van der Waals surface area contributed by atoms with E-state index in [9.17, 15) is 4.79 Å². The average Bonchev–Trinajstić information content (AvgIpc) is 2.90. The van der Waals surface area contributed by atoms with Crippen LogP contribution in [0.3, 0.4) is 0 Å². The van der Waals surface area contributed by atoms with E-state index >= 15 is 0 Å². The summed E-state index contributed by atoms with van der Waals surface area (Å²) in [5.74, 6) is 0.923. The Balaban J connectivity index is 1.38. The first kappa shape index (κ1) is 22.6. The van der Waals surface area contributed by atoms with Gasteiger partial charge in [0.25, 0.3) is 5.91 Å². The van der Waals surface area contributed by atoms with Crippen molar-refractivity contribution in [3.8, 4) is 11.5 Å². The van der Waals surface area contributed by atoms with Crippen LogP contribution in [0.2, 0.25) is 0 Å². The van der Waals surface area contributed by atoms with Gasteiger partial charge < -0.3 is 14.8 Å². The highest BCUT2D eigenvalue weighted by Crippen LogP contribution is 2.25. The summed E-state index contributed by atoms with van der Waals surface area (Å²) in [5, 5.41) is 9.37. The lowest BCUT2D eigenvalue weighted by atomic mass is 10.2. The van der Waals surface area contributed by atoms with Gasteiger partial charge in [-0.1, -0.05) is 48.5 Å². The molecule has 0 aliphatic heterocycles. The van der Waals surface area contributed by atoms with Crippen molar-refractivity contribution in [1.29, 1.82) is 0 Å². The van der Waals surface area contributed by atoms with E-state index < -0.39 is 0 Å². The summed E-state index contributed by atoms with van der Waals surface area (Å²) < 4.78 is 10.9. The molecule has 0 aliphatic carbocycles. The van der Waals surface area contributed by atoms with Gasteiger partial charge in [0, 0.05) is 0 Å². The maximum absolute atomic E-state index is 12.2. The molecule has 1 N–H and O–H groups in total. The van der Waals surface area contributed by atoms with Crippen molar-refractivity contribution in [3.05, 3.63) is 115 Å². The van der Waals surface area contributed by atoms with Gasteiger partial charge in [-0.3, -0.25) is 4.79 Å². The lowest BCUT2D eigenvalue weighted by Crippen LogP contribution is -2.20. The van der Waals surface area contributed by atoms with Crippen LogP contribution in [-0.2, 0) is 4.79 Å². The number of amides is 1. The van der Waals surface area contributed by atoms with Crippen molar-refractivity contribution < 1.29 is 14.3 Å². The number of para-hydroxylation sites is 4. The highest BCUT2D eigenvalue weighted by molar-refractivity contribution is 5.93. The minimum absolute atomic E-state index is 0.110. The van der Waals surface area contributed by atoms with E-state index in [0.29, 0.717) is 17.2 Å². The van der Waals surface area contributed by atoms with Crippen molar-refractivity contribution in [3.63, 3.8) is 0 Å². The number of nitrogens with zero attached hydrogens (tertiary/aromatic N) is 2. The Kier molecular flexibility index (Phi) is 7.54. The summed E-state index contributed by atoms with van der Waals surface area (Å²) in [7, 11) is 1.56. The second-order valence-electron chi connectivity index (χ2n) is 7.33. The lowest BCUT2D eigenvalue weighted by Gasteiger charge is -2.19. The zero-order valence-corrected chi connectivity index (χ0v) is 18.8. The maximum atomic E-state index is 12.2. The minimum atomic E-state index is -0.267. The van der Waals surface area contributed by atoms with Gasteiger partial charge in [-0.2, -0.15) is 5.10 Å². The Morgan fingerprint density at radius 3 is 2.03 bits per heavy atom. The molecule has 4 rings (SSSR count). The molecular weight excluding hydrogens is 426 g/mol. The normalized spacial score (nSPS) is 10.6. The highest BCUT2D eigenvalue weighted by atomic mass is 16.5. The van der Waals surface area contributed by atoms with Crippen LogP contribution in [0.25, 0.3) is 0 Å². The molecule has 4 aromatic carbocycles. The van der Waals surface area contributed by atoms with E-state index in [2.05, 4.69) is 5.32 Å². The number of hydrazone groups is 1. The van der Waals surface area contributed by atoms with Gasteiger partial charge >= 0.3 is 0 Å². The molecule has 4 aromatic rings. The Hall–Kier alpha value is -4.58. The molecule has 0 radical (unpaired) electrons. The quantitative estimate of drug-likeness (QED) is 0.255. The minimum Gasteiger partial charge on any atom is -0.495 e. The van der Waals surface area contributed by atoms with E-state index in [-0.39, 0.29) is 12.5 Å². The molecule has 0 atom stereocenters. The predicted octanol–water partition coefficient (Wildman–Crippen LogP) is 5.88. The van der Waals surface area contributed by atoms with Crippen LogP contribution >= 0.6 is 0 Å². The first-order valence-corrected chi connectivity index (χ1v) is 10.8. The largest absolute Gasteiger partial charge is 0.495 e. The second kappa shape index (κ2) is 11.3. The van der Waals surface area contributed by atoms with Gasteiger partial charge in [0.15, 0.2) is 6.61 Å². The van der Waals surface area contributed by atoms with Gasteiger partial charge in [0.1, 0.15) is 11.5 Å². The summed E-state index contributed by atoms with van der Waals surface area (Å²) in [6.07, 6.45) is 1.79. The standard InChI is InChI=1S/C28H25N3O3/c1-33-27-15-9-8-14-26(27)30-28(32)21-34-25-18-16-22(17-19-25)20-29-31(23-10-4-2-5-11-23)24-12-6-3-7-13-24/h2-20H,21H2,1H3,(H,30,32)/b29-20-. The molecule has 0 fully saturated rings. The summed E-state index contributed by atoms with van der Waals surface area (Å²) in [6.45, 7) is -0.110. The van der Waals surface area contributed by atoms with Crippen LogP contribution in [0.5, 0.6) is 11.5 Å². The van der Waals surface area contributed by atoms with Crippen molar-refractivity contribution in [1.82, 2.24) is 0 Å². The monoisotopic (exact) mass is 451 g/mol. The highest BCUT2D eigenvalue weighted by Gasteiger charge is 2.08. The topological polar surface area (TPSA) is 63.2 Å². The molecule has 0 spiro atoms. The van der Waals surface area contributed by atoms with Crippen LogP contribution in [0, 0.1) is 0 Å². The van der Waals surface area contributed by atoms with Gasteiger partial charge in [-0.05, 0) is 66.2 Å². The van der Waals surface area contributed by atoms with Gasteiger partial charge in [-0.25, -0.2) is 5.01 Å². The number of hydrogen-bond donors (Lipinski definition) is 1. The third-order valence-electron chi connectivity index (χ3n) is 4.95. The fourth-order valence-electron chi connectivity index (χ4n) is 3.28. The number of ether oxygens (including phenoxy) is 2. The lowest BCUT2D eigenvalue weighted by molar-refractivity contribution is -0.118. The number of carbonyl (C=O) groups excluding carboxylic acids is 1. The Labute approximate surface area is 199 Å². The summed E-state index contributed by atoms with van der Waals surface area (Å²) in [5.41, 5.74) is 3.44.